The number of aromatic amines is 1. The van der Waals surface area contributed by atoms with Crippen molar-refractivity contribution in [3.63, 3.8) is 0 Å². The van der Waals surface area contributed by atoms with Crippen molar-refractivity contribution in [2.75, 3.05) is 5.32 Å². The van der Waals surface area contributed by atoms with Gasteiger partial charge in [0.1, 0.15) is 11.9 Å². The van der Waals surface area contributed by atoms with E-state index in [2.05, 4.69) is 15.3 Å². The number of benzene rings is 1. The minimum Gasteiger partial charge on any atom is -0.324 e. The Hall–Kier alpha value is -3.55. The summed E-state index contributed by atoms with van der Waals surface area (Å²) in [6, 6.07) is 7.70. The van der Waals surface area contributed by atoms with Crippen LogP contribution in [0.3, 0.4) is 0 Å². The van der Waals surface area contributed by atoms with Gasteiger partial charge in [-0.05, 0) is 37.1 Å². The number of carbonyl (C=O) groups is 1. The third kappa shape index (κ3) is 4.16. The quantitative estimate of drug-likeness (QED) is 0.693. The van der Waals surface area contributed by atoms with Gasteiger partial charge in [0.05, 0.1) is 5.56 Å². The van der Waals surface area contributed by atoms with E-state index in [1.54, 1.807) is 39.1 Å². The third-order valence-electron chi connectivity index (χ3n) is 4.54. The molecule has 0 fully saturated rings. The Morgan fingerprint density at radius 3 is 2.59 bits per heavy atom. The molecule has 2 aromatic heterocycles. The molecule has 1 atom stereocenters. The van der Waals surface area contributed by atoms with Crippen LogP contribution in [0.2, 0.25) is 0 Å². The van der Waals surface area contributed by atoms with Gasteiger partial charge in [-0.15, -0.1) is 0 Å². The fourth-order valence-electron chi connectivity index (χ4n) is 3.26. The summed E-state index contributed by atoms with van der Waals surface area (Å²) in [7, 11) is 0. The van der Waals surface area contributed by atoms with E-state index in [9.17, 15) is 18.8 Å². The van der Waals surface area contributed by atoms with Crippen LogP contribution in [0, 0.1) is 18.7 Å². The van der Waals surface area contributed by atoms with Crippen molar-refractivity contribution in [1.82, 2.24) is 14.5 Å². The molecule has 0 radical (unpaired) electrons. The highest BCUT2D eigenvalue weighted by atomic mass is 19.1. The van der Waals surface area contributed by atoms with Gasteiger partial charge in [-0.3, -0.25) is 14.6 Å². The standard InChI is InChI=1S/C21H21FN4O3/c1-12(2)18(19(27)25-16-8-4-7-15(22)10-16)26-20(28)17(13(3)24-21(26)29)14-6-5-9-23-11-14/h4-12,18H,1-3H3,(H,24,29)(H,25,27)/t18-/m0/s1. The largest absolute Gasteiger partial charge is 0.329 e. The van der Waals surface area contributed by atoms with Crippen LogP contribution in [0.5, 0.6) is 0 Å². The number of hydrogen-bond donors (Lipinski definition) is 2. The summed E-state index contributed by atoms with van der Waals surface area (Å²) < 4.78 is 14.4. The van der Waals surface area contributed by atoms with Crippen molar-refractivity contribution in [3.05, 3.63) is 81.1 Å². The Morgan fingerprint density at radius 1 is 1.21 bits per heavy atom. The summed E-state index contributed by atoms with van der Waals surface area (Å²) in [6.07, 6.45) is 3.09. The molecule has 3 aromatic rings. The Labute approximate surface area is 166 Å². The maximum atomic E-state index is 13.4. The molecule has 0 aliphatic heterocycles. The number of aryl methyl sites for hydroxylation is 1. The second-order valence-corrected chi connectivity index (χ2v) is 7.04. The predicted molar refractivity (Wildman–Crippen MR) is 108 cm³/mol. The lowest BCUT2D eigenvalue weighted by atomic mass is 10.0. The summed E-state index contributed by atoms with van der Waals surface area (Å²) in [4.78, 5) is 45.5. The number of carbonyl (C=O) groups excluding carboxylic acids is 1. The van der Waals surface area contributed by atoms with Gasteiger partial charge < -0.3 is 10.3 Å². The molecule has 0 bridgehead atoms. The first-order valence-corrected chi connectivity index (χ1v) is 9.12. The number of nitrogens with zero attached hydrogens (tertiary/aromatic N) is 2. The zero-order valence-corrected chi connectivity index (χ0v) is 16.3. The molecule has 29 heavy (non-hydrogen) atoms. The van der Waals surface area contributed by atoms with Gasteiger partial charge in [0.25, 0.3) is 5.56 Å². The lowest BCUT2D eigenvalue weighted by Crippen LogP contribution is -2.45. The van der Waals surface area contributed by atoms with Crippen molar-refractivity contribution in [2.45, 2.75) is 26.8 Å². The lowest BCUT2D eigenvalue weighted by molar-refractivity contribution is -0.120. The van der Waals surface area contributed by atoms with Gasteiger partial charge >= 0.3 is 5.69 Å². The number of H-pyrrole nitrogens is 1. The molecule has 1 amide bonds. The molecule has 1 aromatic carbocycles. The van der Waals surface area contributed by atoms with Crippen molar-refractivity contribution < 1.29 is 9.18 Å². The van der Waals surface area contributed by atoms with E-state index in [-0.39, 0.29) is 17.2 Å². The number of anilines is 1. The van der Waals surface area contributed by atoms with E-state index in [1.165, 1.54) is 30.5 Å². The van der Waals surface area contributed by atoms with Crippen LogP contribution in [-0.4, -0.2) is 20.4 Å². The third-order valence-corrected chi connectivity index (χ3v) is 4.54. The Kier molecular flexibility index (Phi) is 5.72. The van der Waals surface area contributed by atoms with Gasteiger partial charge in [-0.2, -0.15) is 0 Å². The zero-order chi connectivity index (χ0) is 21.1. The van der Waals surface area contributed by atoms with Crippen molar-refractivity contribution in [3.8, 4) is 11.1 Å². The molecule has 3 rings (SSSR count). The summed E-state index contributed by atoms with van der Waals surface area (Å²) in [5, 5.41) is 2.59. The molecule has 0 unspecified atom stereocenters. The summed E-state index contributed by atoms with van der Waals surface area (Å²) in [6.45, 7) is 5.07. The van der Waals surface area contributed by atoms with E-state index in [1.807, 2.05) is 0 Å². The van der Waals surface area contributed by atoms with Crippen LogP contribution in [0.15, 0.2) is 58.4 Å². The monoisotopic (exact) mass is 396 g/mol. The molecule has 0 aliphatic rings. The number of aromatic nitrogens is 3. The minimum absolute atomic E-state index is 0.240. The number of halogens is 1. The number of rotatable bonds is 5. The number of amides is 1. The maximum Gasteiger partial charge on any atom is 0.329 e. The maximum absolute atomic E-state index is 13.4. The predicted octanol–water partition coefficient (Wildman–Crippen LogP) is 2.88. The SMILES string of the molecule is Cc1[nH]c(=O)n([C@H](C(=O)Nc2cccc(F)c2)C(C)C)c(=O)c1-c1cccnc1. The highest BCUT2D eigenvalue weighted by Gasteiger charge is 2.29. The molecular weight excluding hydrogens is 375 g/mol. The van der Waals surface area contributed by atoms with Gasteiger partial charge in [0.15, 0.2) is 0 Å². The van der Waals surface area contributed by atoms with Crippen LogP contribution >= 0.6 is 0 Å². The van der Waals surface area contributed by atoms with Gasteiger partial charge in [-0.1, -0.05) is 26.0 Å². The molecule has 0 spiro atoms. The smallest absolute Gasteiger partial charge is 0.324 e. The molecule has 7 nitrogen and oxygen atoms in total. The summed E-state index contributed by atoms with van der Waals surface area (Å²) in [5.41, 5.74) is 0.151. The first-order valence-electron chi connectivity index (χ1n) is 9.12. The van der Waals surface area contributed by atoms with Crippen LogP contribution in [-0.2, 0) is 4.79 Å². The molecule has 8 heteroatoms. The highest BCUT2D eigenvalue weighted by Crippen LogP contribution is 2.21. The van der Waals surface area contributed by atoms with E-state index in [0.717, 1.165) is 4.57 Å². The van der Waals surface area contributed by atoms with Crippen LogP contribution in [0.4, 0.5) is 10.1 Å². The molecule has 0 saturated carbocycles. The first kappa shape index (κ1) is 20.2. The van der Waals surface area contributed by atoms with Crippen LogP contribution < -0.4 is 16.6 Å². The van der Waals surface area contributed by atoms with Crippen LogP contribution in [0.25, 0.3) is 11.1 Å². The lowest BCUT2D eigenvalue weighted by Gasteiger charge is -2.23. The normalized spacial score (nSPS) is 12.0. The molecule has 0 saturated heterocycles. The molecule has 0 aliphatic carbocycles. The Bertz CT molecular complexity index is 1150. The Balaban J connectivity index is 2.11. The fourth-order valence-corrected chi connectivity index (χ4v) is 3.26. The van der Waals surface area contributed by atoms with Gasteiger partial charge in [-0.25, -0.2) is 13.8 Å². The Morgan fingerprint density at radius 2 is 1.97 bits per heavy atom. The van der Waals surface area contributed by atoms with E-state index in [4.69, 9.17) is 0 Å². The zero-order valence-electron chi connectivity index (χ0n) is 16.3. The summed E-state index contributed by atoms with van der Waals surface area (Å²) in [5.74, 6) is -1.47. The second-order valence-electron chi connectivity index (χ2n) is 7.04. The number of pyridine rings is 1. The van der Waals surface area contributed by atoms with Crippen molar-refractivity contribution >= 4 is 11.6 Å². The molecular formula is C21H21FN4O3. The fraction of sp³-hybridized carbons (Fsp3) is 0.238. The average molecular weight is 396 g/mol. The molecule has 2 N–H and O–H groups in total. The van der Waals surface area contributed by atoms with Crippen molar-refractivity contribution in [1.29, 1.82) is 0 Å². The van der Waals surface area contributed by atoms with Crippen molar-refractivity contribution in [2.24, 2.45) is 5.92 Å². The van der Waals surface area contributed by atoms with Gasteiger partial charge in [0, 0.05) is 29.3 Å². The second kappa shape index (κ2) is 8.22. The van der Waals surface area contributed by atoms with E-state index in [0.29, 0.717) is 11.3 Å². The molecule has 2 heterocycles. The topological polar surface area (TPSA) is 96.9 Å². The minimum atomic E-state index is -1.09. The van der Waals surface area contributed by atoms with Gasteiger partial charge in [0.2, 0.25) is 5.91 Å². The molecule has 150 valence electrons. The number of hydrogen-bond acceptors (Lipinski definition) is 4. The van der Waals surface area contributed by atoms with E-state index >= 15 is 0 Å². The van der Waals surface area contributed by atoms with E-state index < -0.39 is 29.0 Å². The first-order chi connectivity index (χ1) is 13.8. The number of nitrogens with one attached hydrogen (secondary N) is 2. The van der Waals surface area contributed by atoms with Crippen LogP contribution in [0.1, 0.15) is 25.6 Å². The highest BCUT2D eigenvalue weighted by molar-refractivity contribution is 5.94. The average Bonchev–Trinajstić information content (AvgIpc) is 2.65. The summed E-state index contributed by atoms with van der Waals surface area (Å²) >= 11 is 0.